The predicted octanol–water partition coefficient (Wildman–Crippen LogP) is 2.32. The van der Waals surface area contributed by atoms with E-state index in [1.54, 1.807) is 65.2 Å². The van der Waals surface area contributed by atoms with E-state index in [0.29, 0.717) is 12.1 Å². The molecule has 1 aromatic carbocycles. The fourth-order valence-corrected chi connectivity index (χ4v) is 7.04. The third-order valence-corrected chi connectivity index (χ3v) is 10.2. The molecule has 14 heteroatoms. The molecule has 6 amide bonds. The second kappa shape index (κ2) is 15.2. The van der Waals surface area contributed by atoms with E-state index in [1.807, 2.05) is 34.6 Å². The van der Waals surface area contributed by atoms with Crippen LogP contribution in [0.5, 0.6) is 0 Å². The first kappa shape index (κ1) is 40.3. The van der Waals surface area contributed by atoms with Crippen molar-refractivity contribution in [1.29, 1.82) is 0 Å². The zero-order chi connectivity index (χ0) is 38.9. The molecule has 4 N–H and O–H groups in total. The first-order valence-corrected chi connectivity index (χ1v) is 18.0. The van der Waals surface area contributed by atoms with Crippen LogP contribution in [0.15, 0.2) is 30.3 Å². The summed E-state index contributed by atoms with van der Waals surface area (Å²) in [5.41, 5.74) is -1.20. The normalized spacial score (nSPS) is 22.1. The van der Waals surface area contributed by atoms with Crippen molar-refractivity contribution in [2.45, 2.75) is 104 Å². The lowest BCUT2D eigenvalue weighted by molar-refractivity contribution is -0.145. The van der Waals surface area contributed by atoms with Gasteiger partial charge in [0.25, 0.3) is 5.91 Å². The number of alkyl carbamates (subject to hydrolysis) is 1. The number of likely N-dealkylation sites (N-methyl/N-ethyl adjacent to an activating group) is 1. The van der Waals surface area contributed by atoms with Crippen molar-refractivity contribution in [2.24, 2.45) is 28.6 Å². The molecule has 0 bridgehead atoms. The zero-order valence-corrected chi connectivity index (χ0v) is 32.1. The Labute approximate surface area is 306 Å². The van der Waals surface area contributed by atoms with Gasteiger partial charge in [-0.2, -0.15) is 0 Å². The highest BCUT2D eigenvalue weighted by atomic mass is 16.6. The number of amides is 6. The fraction of sp³-hybridized carbons (Fsp3) is 0.658. The number of carbonyl (C=O) groups is 7. The molecule has 14 nitrogen and oxygen atoms in total. The Kier molecular flexibility index (Phi) is 11.8. The molecule has 2 aliphatic carbocycles. The number of ketones is 1. The molecule has 2 saturated carbocycles. The minimum atomic E-state index is -1.17. The molecule has 1 aliphatic heterocycles. The Bertz CT molecular complexity index is 1560. The number of nitrogens with zero attached hydrogens (tertiary/aromatic N) is 2. The third-order valence-electron chi connectivity index (χ3n) is 10.2. The molecule has 52 heavy (non-hydrogen) atoms. The molecular formula is C38H56N6O8. The maximum absolute atomic E-state index is 14.2. The highest BCUT2D eigenvalue weighted by molar-refractivity contribution is 6.38. The third kappa shape index (κ3) is 9.68. The van der Waals surface area contributed by atoms with Gasteiger partial charge in [-0.1, -0.05) is 77.8 Å². The molecule has 3 aliphatic rings. The molecule has 1 saturated heterocycles. The van der Waals surface area contributed by atoms with Crippen molar-refractivity contribution < 1.29 is 38.3 Å². The van der Waals surface area contributed by atoms with E-state index in [-0.39, 0.29) is 35.5 Å². The van der Waals surface area contributed by atoms with Crippen LogP contribution in [0.2, 0.25) is 0 Å². The van der Waals surface area contributed by atoms with Crippen molar-refractivity contribution in [1.82, 2.24) is 31.1 Å². The summed E-state index contributed by atoms with van der Waals surface area (Å²) in [6.45, 7) is 14.4. The van der Waals surface area contributed by atoms with E-state index in [1.165, 1.54) is 9.80 Å². The molecule has 286 valence electrons. The number of hydrogen-bond donors (Lipinski definition) is 4. The van der Waals surface area contributed by atoms with Crippen LogP contribution >= 0.6 is 0 Å². The average molecular weight is 725 g/mol. The topological polar surface area (TPSA) is 183 Å². The summed E-state index contributed by atoms with van der Waals surface area (Å²) in [4.78, 5) is 96.4. The number of likely N-dealkylation sites (tertiary alicyclic amines) is 1. The molecular weight excluding hydrogens is 668 g/mol. The van der Waals surface area contributed by atoms with E-state index in [4.69, 9.17) is 4.74 Å². The smallest absolute Gasteiger partial charge is 0.408 e. The van der Waals surface area contributed by atoms with Crippen LogP contribution in [0.1, 0.15) is 86.3 Å². The first-order valence-electron chi connectivity index (χ1n) is 18.0. The summed E-state index contributed by atoms with van der Waals surface area (Å²) in [6.07, 6.45) is 1.18. The monoisotopic (exact) mass is 724 g/mol. The van der Waals surface area contributed by atoms with E-state index in [2.05, 4.69) is 21.3 Å². The Morgan fingerprint density at radius 1 is 0.923 bits per heavy atom. The van der Waals surface area contributed by atoms with Crippen molar-refractivity contribution >= 4 is 41.4 Å². The Balaban J connectivity index is 1.46. The molecule has 1 heterocycles. The van der Waals surface area contributed by atoms with Gasteiger partial charge in [0, 0.05) is 20.6 Å². The summed E-state index contributed by atoms with van der Waals surface area (Å²) in [5.74, 6) is -3.99. The van der Waals surface area contributed by atoms with Gasteiger partial charge in [0.05, 0.1) is 12.6 Å². The number of ether oxygens (including phenoxy) is 1. The molecule has 4 unspecified atom stereocenters. The number of fused-ring (bicyclic) bond motifs is 1. The van der Waals surface area contributed by atoms with Crippen LogP contribution in [0.3, 0.4) is 0 Å². The number of carbonyl (C=O) groups excluding carboxylic acids is 7. The summed E-state index contributed by atoms with van der Waals surface area (Å²) in [6, 6.07) is 4.55. The van der Waals surface area contributed by atoms with Crippen LogP contribution in [0, 0.1) is 28.6 Å². The molecule has 6 atom stereocenters. The van der Waals surface area contributed by atoms with Gasteiger partial charge in [-0.05, 0) is 61.3 Å². The number of benzene rings is 1. The van der Waals surface area contributed by atoms with E-state index >= 15 is 0 Å². The summed E-state index contributed by atoms with van der Waals surface area (Å²) >= 11 is 0. The van der Waals surface area contributed by atoms with Crippen LogP contribution in [-0.2, 0) is 33.5 Å². The van der Waals surface area contributed by atoms with Crippen LogP contribution in [-0.4, -0.2) is 102 Å². The minimum absolute atomic E-state index is 0.0350. The van der Waals surface area contributed by atoms with Gasteiger partial charge < -0.3 is 35.8 Å². The van der Waals surface area contributed by atoms with Gasteiger partial charge in [-0.25, -0.2) is 4.79 Å². The standard InChI is InChI=1S/C38H56N6O8/c1-36(2,3)30(42-35(51)52-37(4,5)6)34(50)44-20-23-26(38(23,7)8)28(44)31(47)40-24(18-21-16-17-21)29(46)32(48)39-19-25(45)41-27(33(49)43(9)10)22-14-12-11-13-15-22/h11-15,21,23-24,26-28,30H,16-20H2,1-10H3,(H,39,48)(H,40,47)(H,41,45)(H,42,51)/t23?,24?,26?,27-,28-,30?/m0/s1. The Morgan fingerprint density at radius 2 is 1.54 bits per heavy atom. The van der Waals surface area contributed by atoms with Crippen molar-refractivity contribution in [3.8, 4) is 0 Å². The van der Waals surface area contributed by atoms with Crippen molar-refractivity contribution in [3.05, 3.63) is 35.9 Å². The molecule has 0 radical (unpaired) electrons. The fourth-order valence-electron chi connectivity index (χ4n) is 7.04. The maximum Gasteiger partial charge on any atom is 0.408 e. The number of rotatable bonds is 13. The number of hydrogen-bond acceptors (Lipinski definition) is 8. The quantitative estimate of drug-likeness (QED) is 0.224. The second-order valence-electron chi connectivity index (χ2n) is 17.3. The van der Waals surface area contributed by atoms with Gasteiger partial charge in [0.1, 0.15) is 23.7 Å². The molecule has 4 rings (SSSR count). The zero-order valence-electron chi connectivity index (χ0n) is 32.1. The predicted molar refractivity (Wildman–Crippen MR) is 192 cm³/mol. The number of Topliss-reactive ketones (excluding diaryl/α,β-unsaturated/α-hetero) is 1. The van der Waals surface area contributed by atoms with Crippen LogP contribution < -0.4 is 21.3 Å². The molecule has 0 aromatic heterocycles. The van der Waals surface area contributed by atoms with E-state index < -0.39 is 77.2 Å². The van der Waals surface area contributed by atoms with E-state index in [9.17, 15) is 33.6 Å². The Hall–Kier alpha value is -4.49. The first-order chi connectivity index (χ1) is 24.0. The summed E-state index contributed by atoms with van der Waals surface area (Å²) in [7, 11) is 3.13. The second-order valence-corrected chi connectivity index (χ2v) is 17.3. The molecule has 3 fully saturated rings. The average Bonchev–Trinajstić information content (AvgIpc) is 3.90. The van der Waals surface area contributed by atoms with Crippen LogP contribution in [0.4, 0.5) is 4.79 Å². The highest BCUT2D eigenvalue weighted by Crippen LogP contribution is 2.65. The summed E-state index contributed by atoms with van der Waals surface area (Å²) < 4.78 is 5.43. The maximum atomic E-state index is 14.2. The number of nitrogens with one attached hydrogen (secondary N) is 4. The minimum Gasteiger partial charge on any atom is -0.444 e. The SMILES string of the molecule is CN(C)C(=O)[C@@H](NC(=O)CNC(=O)C(=O)C(CC1CC1)NC(=O)[C@@H]1C2C(CN1C(=O)C(NC(=O)OC(C)(C)C)C(C)(C)C)C2(C)C)c1ccccc1. The van der Waals surface area contributed by atoms with Gasteiger partial charge in [-0.15, -0.1) is 0 Å². The lowest BCUT2D eigenvalue weighted by Crippen LogP contribution is -2.61. The van der Waals surface area contributed by atoms with E-state index in [0.717, 1.165) is 12.8 Å². The number of piperidine rings is 1. The van der Waals surface area contributed by atoms with Gasteiger partial charge in [0.2, 0.25) is 29.4 Å². The summed E-state index contributed by atoms with van der Waals surface area (Å²) in [5, 5.41) is 10.5. The van der Waals surface area contributed by atoms with Crippen molar-refractivity contribution in [2.75, 3.05) is 27.2 Å². The van der Waals surface area contributed by atoms with Crippen LogP contribution in [0.25, 0.3) is 0 Å². The highest BCUT2D eigenvalue weighted by Gasteiger charge is 2.70. The largest absolute Gasteiger partial charge is 0.444 e. The lowest BCUT2D eigenvalue weighted by atomic mass is 9.85. The Morgan fingerprint density at radius 3 is 2.08 bits per heavy atom. The lowest BCUT2D eigenvalue weighted by Gasteiger charge is -2.38. The molecule has 0 spiro atoms. The van der Waals surface area contributed by atoms with Gasteiger partial charge >= 0.3 is 6.09 Å². The molecule has 1 aromatic rings. The van der Waals surface area contributed by atoms with Crippen molar-refractivity contribution in [3.63, 3.8) is 0 Å². The van der Waals surface area contributed by atoms with Gasteiger partial charge in [0.15, 0.2) is 0 Å². The van der Waals surface area contributed by atoms with Gasteiger partial charge in [-0.3, -0.25) is 28.8 Å².